The number of hydrogen-bond acceptors (Lipinski definition) is 3. The minimum atomic E-state index is -2.88. The van der Waals surface area contributed by atoms with Crippen LogP contribution in [0.4, 0.5) is 8.78 Å². The Morgan fingerprint density at radius 3 is 2.50 bits per heavy atom. The first-order valence-corrected chi connectivity index (χ1v) is 5.54. The molecule has 1 aromatic rings. The van der Waals surface area contributed by atoms with Gasteiger partial charge in [0.05, 0.1) is 6.04 Å². The van der Waals surface area contributed by atoms with Gasteiger partial charge in [-0.05, 0) is 12.0 Å². The summed E-state index contributed by atoms with van der Waals surface area (Å²) < 4.78 is 24.0. The Kier molecular flexibility index (Phi) is 5.67. The highest BCUT2D eigenvalue weighted by Gasteiger charge is 2.19. The lowest BCUT2D eigenvalue weighted by Crippen LogP contribution is -2.45. The average Bonchev–Trinajstić information content (AvgIpc) is 2.36. The molecule has 0 radical (unpaired) electrons. The van der Waals surface area contributed by atoms with Crippen molar-refractivity contribution in [3.63, 3.8) is 0 Å². The van der Waals surface area contributed by atoms with Gasteiger partial charge in [-0.2, -0.15) is 0 Å². The lowest BCUT2D eigenvalue weighted by atomic mass is 10.1. The third kappa shape index (κ3) is 4.77. The smallest absolute Gasteiger partial charge is 0.265 e. The highest BCUT2D eigenvalue weighted by Crippen LogP contribution is 2.02. The molecule has 1 aromatic carbocycles. The molecule has 0 bridgehead atoms. The van der Waals surface area contributed by atoms with Crippen LogP contribution in [-0.4, -0.2) is 36.1 Å². The van der Waals surface area contributed by atoms with Gasteiger partial charge in [-0.3, -0.25) is 4.79 Å². The van der Waals surface area contributed by atoms with Crippen LogP contribution < -0.4 is 11.1 Å². The number of aliphatic hydroxyl groups excluding tert-OH is 1. The third-order valence-electron chi connectivity index (χ3n) is 2.41. The fraction of sp³-hybridized carbons (Fsp3) is 0.417. The minimum absolute atomic E-state index is 0.317. The molecule has 0 aliphatic carbocycles. The molecular formula is C12H16F2N2O2. The maximum absolute atomic E-state index is 12.0. The second-order valence-electron chi connectivity index (χ2n) is 3.94. The molecule has 0 aliphatic heterocycles. The summed E-state index contributed by atoms with van der Waals surface area (Å²) in [5, 5.41) is 11.0. The molecular weight excluding hydrogens is 242 g/mol. The molecule has 0 heterocycles. The van der Waals surface area contributed by atoms with Crippen LogP contribution in [0.5, 0.6) is 0 Å². The van der Waals surface area contributed by atoms with Gasteiger partial charge in [0.15, 0.2) is 0 Å². The molecule has 1 rings (SSSR count). The lowest BCUT2D eigenvalue weighted by molar-refractivity contribution is -0.123. The topological polar surface area (TPSA) is 75.4 Å². The zero-order chi connectivity index (χ0) is 13.5. The van der Waals surface area contributed by atoms with E-state index in [4.69, 9.17) is 10.8 Å². The summed E-state index contributed by atoms with van der Waals surface area (Å²) in [6.45, 7) is -0.501. The molecule has 100 valence electrons. The molecule has 2 atom stereocenters. The Balaban J connectivity index is 2.38. The van der Waals surface area contributed by atoms with Crippen LogP contribution in [0.2, 0.25) is 0 Å². The first-order chi connectivity index (χ1) is 8.50. The molecule has 4 nitrogen and oxygen atoms in total. The summed E-state index contributed by atoms with van der Waals surface area (Å²) in [6, 6.07) is 8.30. The van der Waals surface area contributed by atoms with Gasteiger partial charge < -0.3 is 16.2 Å². The number of aliphatic hydroxyl groups is 1. The van der Waals surface area contributed by atoms with E-state index in [-0.39, 0.29) is 0 Å². The number of hydrogen-bond donors (Lipinski definition) is 3. The van der Waals surface area contributed by atoms with Crippen molar-refractivity contribution in [3.8, 4) is 0 Å². The van der Waals surface area contributed by atoms with Crippen LogP contribution in [-0.2, 0) is 11.2 Å². The number of carbonyl (C=O) groups is 1. The van der Waals surface area contributed by atoms with Crippen LogP contribution in [0.15, 0.2) is 30.3 Å². The number of rotatable bonds is 6. The average molecular weight is 258 g/mol. The van der Waals surface area contributed by atoms with Crippen molar-refractivity contribution in [2.24, 2.45) is 5.73 Å². The molecule has 0 aromatic heterocycles. The molecule has 0 spiro atoms. The van der Waals surface area contributed by atoms with Crippen molar-refractivity contribution in [2.75, 3.05) is 6.54 Å². The first-order valence-electron chi connectivity index (χ1n) is 5.54. The third-order valence-corrected chi connectivity index (χ3v) is 2.41. The van der Waals surface area contributed by atoms with E-state index in [2.05, 4.69) is 5.32 Å². The van der Waals surface area contributed by atoms with E-state index in [1.165, 1.54) is 0 Å². The number of amides is 1. The summed E-state index contributed by atoms with van der Waals surface area (Å²) in [7, 11) is 0. The van der Waals surface area contributed by atoms with E-state index in [9.17, 15) is 13.6 Å². The van der Waals surface area contributed by atoms with E-state index >= 15 is 0 Å². The molecule has 0 fully saturated rings. The predicted octanol–water partition coefficient (Wildman–Crippen LogP) is 0.299. The summed E-state index contributed by atoms with van der Waals surface area (Å²) in [5.74, 6) is -0.557. The van der Waals surface area contributed by atoms with E-state index in [1.54, 1.807) is 0 Å². The highest BCUT2D eigenvalue weighted by atomic mass is 19.3. The molecule has 6 heteroatoms. The summed E-state index contributed by atoms with van der Waals surface area (Å²) in [6.07, 6.45) is -4.43. The monoisotopic (exact) mass is 258 g/mol. The van der Waals surface area contributed by atoms with Crippen molar-refractivity contribution < 1.29 is 18.7 Å². The first kappa shape index (κ1) is 14.5. The lowest BCUT2D eigenvalue weighted by Gasteiger charge is -2.14. The van der Waals surface area contributed by atoms with E-state index in [0.29, 0.717) is 6.42 Å². The molecule has 0 saturated carbocycles. The van der Waals surface area contributed by atoms with Crippen LogP contribution in [0, 0.1) is 0 Å². The minimum Gasteiger partial charge on any atom is -0.385 e. The molecule has 4 N–H and O–H groups in total. The second kappa shape index (κ2) is 7.03. The van der Waals surface area contributed by atoms with Gasteiger partial charge in [-0.25, -0.2) is 8.78 Å². The second-order valence-corrected chi connectivity index (χ2v) is 3.94. The van der Waals surface area contributed by atoms with Crippen LogP contribution >= 0.6 is 0 Å². The molecule has 1 unspecified atom stereocenters. The standard InChI is InChI=1S/C12H16F2N2O2/c13-11(14)10(17)7-16-12(18)9(15)6-8-4-2-1-3-5-8/h1-5,9-11,17H,6-7,15H2,(H,16,18)/t9-,10?/m0/s1. The van der Waals surface area contributed by atoms with Crippen molar-refractivity contribution in [3.05, 3.63) is 35.9 Å². The highest BCUT2D eigenvalue weighted by molar-refractivity contribution is 5.81. The Bertz CT molecular complexity index is 374. The molecule has 1 amide bonds. The summed E-state index contributed by atoms with van der Waals surface area (Å²) in [4.78, 5) is 11.5. The SMILES string of the molecule is N[C@@H](Cc1ccccc1)C(=O)NCC(O)C(F)F. The van der Waals surface area contributed by atoms with Gasteiger partial charge in [-0.15, -0.1) is 0 Å². The Morgan fingerprint density at radius 2 is 1.94 bits per heavy atom. The number of benzene rings is 1. The zero-order valence-corrected chi connectivity index (χ0v) is 9.72. The quantitative estimate of drug-likeness (QED) is 0.687. The van der Waals surface area contributed by atoms with E-state index < -0.39 is 31.0 Å². The molecule has 0 saturated heterocycles. The number of alkyl halides is 2. The Morgan fingerprint density at radius 1 is 1.33 bits per heavy atom. The number of nitrogens with two attached hydrogens (primary N) is 1. The normalized spacial score (nSPS) is 14.3. The van der Waals surface area contributed by atoms with Crippen molar-refractivity contribution in [2.45, 2.75) is 25.0 Å². The maximum Gasteiger partial charge on any atom is 0.265 e. The van der Waals surface area contributed by atoms with Crippen molar-refractivity contribution in [1.29, 1.82) is 0 Å². The van der Waals surface area contributed by atoms with E-state index in [0.717, 1.165) is 5.56 Å². The predicted molar refractivity (Wildman–Crippen MR) is 63.1 cm³/mol. The van der Waals surface area contributed by atoms with E-state index in [1.807, 2.05) is 30.3 Å². The van der Waals surface area contributed by atoms with Gasteiger partial charge in [0, 0.05) is 6.54 Å². The zero-order valence-electron chi connectivity index (χ0n) is 9.72. The molecule has 18 heavy (non-hydrogen) atoms. The Hall–Kier alpha value is -1.53. The molecule has 0 aliphatic rings. The Labute approximate surface area is 104 Å². The van der Waals surface area contributed by atoms with Crippen LogP contribution in [0.1, 0.15) is 5.56 Å². The fourth-order valence-electron chi connectivity index (χ4n) is 1.39. The van der Waals surface area contributed by atoms with Crippen LogP contribution in [0.3, 0.4) is 0 Å². The maximum atomic E-state index is 12.0. The largest absolute Gasteiger partial charge is 0.385 e. The van der Waals surface area contributed by atoms with Gasteiger partial charge in [0.2, 0.25) is 5.91 Å². The van der Waals surface area contributed by atoms with Gasteiger partial charge >= 0.3 is 0 Å². The van der Waals surface area contributed by atoms with Gasteiger partial charge in [-0.1, -0.05) is 30.3 Å². The van der Waals surface area contributed by atoms with Crippen molar-refractivity contribution in [1.82, 2.24) is 5.32 Å². The van der Waals surface area contributed by atoms with Gasteiger partial charge in [0.1, 0.15) is 6.10 Å². The number of nitrogens with one attached hydrogen (secondary N) is 1. The number of halogens is 2. The van der Waals surface area contributed by atoms with Crippen LogP contribution in [0.25, 0.3) is 0 Å². The number of carbonyl (C=O) groups excluding carboxylic acids is 1. The summed E-state index contributed by atoms with van der Waals surface area (Å²) >= 11 is 0. The van der Waals surface area contributed by atoms with Crippen molar-refractivity contribution >= 4 is 5.91 Å². The van der Waals surface area contributed by atoms with Gasteiger partial charge in [0.25, 0.3) is 6.43 Å². The fourth-order valence-corrected chi connectivity index (χ4v) is 1.39. The summed E-state index contributed by atoms with van der Waals surface area (Å²) in [5.41, 5.74) is 6.51.